The van der Waals surface area contributed by atoms with E-state index in [1.165, 1.54) is 51.4 Å². The number of epoxide rings is 1. The first-order valence-corrected chi connectivity index (χ1v) is 8.50. The van der Waals surface area contributed by atoms with Crippen molar-refractivity contribution in [1.82, 2.24) is 0 Å². The van der Waals surface area contributed by atoms with Crippen LogP contribution in [0, 0.1) is 5.92 Å². The van der Waals surface area contributed by atoms with Gasteiger partial charge in [0.1, 0.15) is 0 Å². The second-order valence-electron chi connectivity index (χ2n) is 6.40. The number of ether oxygens (including phenoxy) is 1. The lowest BCUT2D eigenvalue weighted by Crippen LogP contribution is -2.03. The van der Waals surface area contributed by atoms with Crippen LogP contribution in [0.3, 0.4) is 0 Å². The molecule has 0 aromatic heterocycles. The zero-order valence-corrected chi connectivity index (χ0v) is 13.3. The van der Waals surface area contributed by atoms with Crippen LogP contribution in [0.5, 0.6) is 0 Å². The van der Waals surface area contributed by atoms with E-state index < -0.39 is 5.97 Å². The monoisotopic (exact) mass is 284 g/mol. The summed E-state index contributed by atoms with van der Waals surface area (Å²) in [6.07, 6.45) is 13.4. The first-order valence-electron chi connectivity index (χ1n) is 8.50. The molecule has 0 spiro atoms. The van der Waals surface area contributed by atoms with Crippen LogP contribution in [0.1, 0.15) is 84.5 Å². The lowest BCUT2D eigenvalue weighted by Gasteiger charge is -2.09. The molecule has 3 unspecified atom stereocenters. The van der Waals surface area contributed by atoms with Gasteiger partial charge in [0.2, 0.25) is 0 Å². The van der Waals surface area contributed by atoms with Gasteiger partial charge in [0.05, 0.1) is 12.2 Å². The van der Waals surface area contributed by atoms with E-state index in [4.69, 9.17) is 9.84 Å². The van der Waals surface area contributed by atoms with Crippen molar-refractivity contribution in [3.63, 3.8) is 0 Å². The topological polar surface area (TPSA) is 49.8 Å². The lowest BCUT2D eigenvalue weighted by atomic mass is 9.96. The van der Waals surface area contributed by atoms with Crippen molar-refractivity contribution in [1.29, 1.82) is 0 Å². The maximum atomic E-state index is 10.4. The second-order valence-corrected chi connectivity index (χ2v) is 6.40. The third-order valence-corrected chi connectivity index (χ3v) is 4.25. The fourth-order valence-electron chi connectivity index (χ4n) is 2.87. The number of carboxylic acids is 1. The Morgan fingerprint density at radius 1 is 1.10 bits per heavy atom. The van der Waals surface area contributed by atoms with Gasteiger partial charge in [-0.2, -0.15) is 0 Å². The highest BCUT2D eigenvalue weighted by atomic mass is 16.6. The van der Waals surface area contributed by atoms with Crippen molar-refractivity contribution < 1.29 is 14.6 Å². The molecule has 1 fully saturated rings. The molecule has 3 atom stereocenters. The van der Waals surface area contributed by atoms with Gasteiger partial charge in [-0.1, -0.05) is 58.8 Å². The van der Waals surface area contributed by atoms with E-state index in [-0.39, 0.29) is 0 Å². The number of carboxylic acid groups (broad SMARTS) is 1. The third kappa shape index (κ3) is 8.57. The van der Waals surface area contributed by atoms with Gasteiger partial charge in [0, 0.05) is 6.42 Å². The van der Waals surface area contributed by atoms with E-state index in [1.807, 2.05) is 0 Å². The Bertz CT molecular complexity index is 265. The Kier molecular flexibility index (Phi) is 8.92. The van der Waals surface area contributed by atoms with E-state index in [0.29, 0.717) is 18.6 Å². The molecule has 1 saturated heterocycles. The average molecular weight is 284 g/mol. The van der Waals surface area contributed by atoms with Gasteiger partial charge in [0.15, 0.2) is 0 Å². The molecule has 1 aliphatic rings. The molecule has 1 rings (SSSR count). The molecule has 0 aliphatic carbocycles. The van der Waals surface area contributed by atoms with Crippen molar-refractivity contribution in [2.24, 2.45) is 5.92 Å². The highest BCUT2D eigenvalue weighted by Crippen LogP contribution is 2.33. The molecular weight excluding hydrogens is 252 g/mol. The van der Waals surface area contributed by atoms with Gasteiger partial charge < -0.3 is 9.84 Å². The summed E-state index contributed by atoms with van der Waals surface area (Å²) < 4.78 is 5.74. The third-order valence-electron chi connectivity index (χ3n) is 4.25. The van der Waals surface area contributed by atoms with Crippen LogP contribution in [0.2, 0.25) is 0 Å². The predicted molar refractivity (Wildman–Crippen MR) is 81.9 cm³/mol. The van der Waals surface area contributed by atoms with E-state index in [2.05, 4.69) is 13.8 Å². The molecule has 3 nitrogen and oxygen atoms in total. The maximum absolute atomic E-state index is 10.4. The maximum Gasteiger partial charge on any atom is 0.303 e. The quantitative estimate of drug-likeness (QED) is 0.391. The van der Waals surface area contributed by atoms with E-state index >= 15 is 0 Å². The highest BCUT2D eigenvalue weighted by Gasteiger charge is 2.38. The SMILES string of the molecule is CCCCCC1OC1CC(C)CCCCCCC(=O)O. The number of aliphatic carboxylic acids is 1. The average Bonchev–Trinajstić information content (AvgIpc) is 3.12. The zero-order chi connectivity index (χ0) is 14.8. The zero-order valence-electron chi connectivity index (χ0n) is 13.3. The van der Waals surface area contributed by atoms with Crippen molar-refractivity contribution in [2.45, 2.75) is 96.7 Å². The Morgan fingerprint density at radius 3 is 2.55 bits per heavy atom. The smallest absolute Gasteiger partial charge is 0.303 e. The minimum atomic E-state index is -0.668. The number of hydrogen-bond donors (Lipinski definition) is 1. The molecule has 0 bridgehead atoms. The fourth-order valence-corrected chi connectivity index (χ4v) is 2.87. The number of hydrogen-bond acceptors (Lipinski definition) is 2. The molecule has 20 heavy (non-hydrogen) atoms. The molecule has 0 aromatic carbocycles. The van der Waals surface area contributed by atoms with Crippen molar-refractivity contribution >= 4 is 5.97 Å². The van der Waals surface area contributed by atoms with Crippen molar-refractivity contribution in [3.05, 3.63) is 0 Å². The molecule has 1 heterocycles. The predicted octanol–water partition coefficient (Wildman–Crippen LogP) is 4.79. The molecular formula is C17H32O3. The molecule has 0 saturated carbocycles. The standard InChI is InChI=1S/C17H32O3/c1-3-4-7-11-15-16(20-15)13-14(2)10-8-5-6-9-12-17(18)19/h14-16H,3-13H2,1-2H3,(H,18,19). The summed E-state index contributed by atoms with van der Waals surface area (Å²) in [4.78, 5) is 10.4. The van der Waals surface area contributed by atoms with Crippen LogP contribution in [0.4, 0.5) is 0 Å². The minimum absolute atomic E-state index is 0.324. The normalized spacial score (nSPS) is 22.7. The largest absolute Gasteiger partial charge is 0.481 e. The van der Waals surface area contributed by atoms with Crippen LogP contribution in [-0.2, 0) is 9.53 Å². The summed E-state index contributed by atoms with van der Waals surface area (Å²) in [5.74, 6) is 0.0778. The molecule has 1 N–H and O–H groups in total. The van der Waals surface area contributed by atoms with Gasteiger partial charge in [-0.3, -0.25) is 4.79 Å². The first-order chi connectivity index (χ1) is 9.63. The van der Waals surface area contributed by atoms with Gasteiger partial charge in [-0.05, 0) is 25.2 Å². The first kappa shape index (κ1) is 17.5. The number of rotatable bonds is 13. The van der Waals surface area contributed by atoms with E-state index in [0.717, 1.165) is 18.8 Å². The Balaban J connectivity index is 1.89. The molecule has 0 aromatic rings. The summed E-state index contributed by atoms with van der Waals surface area (Å²) in [5, 5.41) is 8.55. The van der Waals surface area contributed by atoms with Gasteiger partial charge >= 0.3 is 5.97 Å². The molecule has 118 valence electrons. The minimum Gasteiger partial charge on any atom is -0.481 e. The lowest BCUT2D eigenvalue weighted by molar-refractivity contribution is -0.137. The molecule has 0 amide bonds. The van der Waals surface area contributed by atoms with Gasteiger partial charge in [-0.25, -0.2) is 0 Å². The number of unbranched alkanes of at least 4 members (excludes halogenated alkanes) is 5. The van der Waals surface area contributed by atoms with Gasteiger partial charge in [-0.15, -0.1) is 0 Å². The molecule has 1 aliphatic heterocycles. The van der Waals surface area contributed by atoms with E-state index in [9.17, 15) is 4.79 Å². The van der Waals surface area contributed by atoms with Crippen LogP contribution in [0.25, 0.3) is 0 Å². The van der Waals surface area contributed by atoms with Crippen LogP contribution in [-0.4, -0.2) is 23.3 Å². The Morgan fingerprint density at radius 2 is 1.85 bits per heavy atom. The summed E-state index contributed by atoms with van der Waals surface area (Å²) >= 11 is 0. The fraction of sp³-hybridized carbons (Fsp3) is 0.941. The van der Waals surface area contributed by atoms with E-state index in [1.54, 1.807) is 0 Å². The van der Waals surface area contributed by atoms with Crippen molar-refractivity contribution in [2.75, 3.05) is 0 Å². The summed E-state index contributed by atoms with van der Waals surface area (Å²) in [6, 6.07) is 0. The highest BCUT2D eigenvalue weighted by molar-refractivity contribution is 5.66. The second kappa shape index (κ2) is 10.2. The van der Waals surface area contributed by atoms with Crippen molar-refractivity contribution in [3.8, 4) is 0 Å². The summed E-state index contributed by atoms with van der Waals surface area (Å²) in [6.45, 7) is 4.56. The Hall–Kier alpha value is -0.570. The molecule has 3 heteroatoms. The van der Waals surface area contributed by atoms with Crippen LogP contribution in [0.15, 0.2) is 0 Å². The van der Waals surface area contributed by atoms with Crippen LogP contribution >= 0.6 is 0 Å². The summed E-state index contributed by atoms with van der Waals surface area (Å²) in [5.41, 5.74) is 0. The molecule has 0 radical (unpaired) electrons. The number of carbonyl (C=O) groups is 1. The summed E-state index contributed by atoms with van der Waals surface area (Å²) in [7, 11) is 0. The van der Waals surface area contributed by atoms with Crippen LogP contribution < -0.4 is 0 Å². The van der Waals surface area contributed by atoms with Gasteiger partial charge in [0.25, 0.3) is 0 Å². The Labute approximate surface area is 124 Å².